The molecule has 0 unspecified atom stereocenters. The van der Waals surface area contributed by atoms with Crippen molar-refractivity contribution in [3.63, 3.8) is 0 Å². The highest BCUT2D eigenvalue weighted by Crippen LogP contribution is 2.23. The Labute approximate surface area is 99.4 Å². The van der Waals surface area contributed by atoms with Crippen LogP contribution in [-0.4, -0.2) is 35.4 Å². The van der Waals surface area contributed by atoms with Gasteiger partial charge >= 0.3 is 5.97 Å². The predicted octanol–water partition coefficient (Wildman–Crippen LogP) is 1.65. The molecule has 1 fully saturated rings. The number of carboxylic acid groups (broad SMARTS) is 1. The molecule has 5 nitrogen and oxygen atoms in total. The number of carbonyl (C=O) groups is 1. The number of hydrogen-bond acceptors (Lipinski definition) is 4. The quantitative estimate of drug-likeness (QED) is 0.865. The van der Waals surface area contributed by atoms with E-state index in [0.717, 1.165) is 18.5 Å². The van der Waals surface area contributed by atoms with Crippen LogP contribution in [0.1, 0.15) is 28.9 Å². The Morgan fingerprint density at radius 1 is 1.53 bits per heavy atom. The average molecular weight is 237 g/mol. The highest BCUT2D eigenvalue weighted by atomic mass is 16.5. The van der Waals surface area contributed by atoms with Crippen molar-refractivity contribution in [1.82, 2.24) is 4.98 Å². The summed E-state index contributed by atoms with van der Waals surface area (Å²) in [6.07, 6.45) is 2.95. The first-order valence-electron chi connectivity index (χ1n) is 5.61. The van der Waals surface area contributed by atoms with E-state index in [2.05, 4.69) is 4.98 Å². The topological polar surface area (TPSA) is 68.7 Å². The molecule has 17 heavy (non-hydrogen) atoms. The van der Waals surface area contributed by atoms with Gasteiger partial charge in [-0.25, -0.2) is 4.79 Å². The van der Waals surface area contributed by atoms with Gasteiger partial charge < -0.3 is 14.6 Å². The van der Waals surface area contributed by atoms with Crippen LogP contribution in [-0.2, 0) is 4.74 Å². The van der Waals surface area contributed by atoms with Crippen molar-refractivity contribution in [3.8, 4) is 5.75 Å². The molecular formula is C12H15NO4. The summed E-state index contributed by atoms with van der Waals surface area (Å²) in [5.74, 6) is -0.614. The van der Waals surface area contributed by atoms with Gasteiger partial charge in [0.1, 0.15) is 17.4 Å². The molecule has 2 heterocycles. The molecule has 0 aliphatic carbocycles. The smallest absolute Gasteiger partial charge is 0.341 e. The van der Waals surface area contributed by atoms with E-state index in [1.165, 1.54) is 6.20 Å². The van der Waals surface area contributed by atoms with E-state index in [4.69, 9.17) is 14.6 Å². The Kier molecular flexibility index (Phi) is 3.58. The van der Waals surface area contributed by atoms with Crippen LogP contribution in [0.3, 0.4) is 0 Å². The summed E-state index contributed by atoms with van der Waals surface area (Å²) in [5.41, 5.74) is 0.860. The van der Waals surface area contributed by atoms with Crippen LogP contribution in [0, 0.1) is 6.92 Å². The Bertz CT molecular complexity index is 413. The number of ether oxygens (including phenoxy) is 2. The molecular weight excluding hydrogens is 222 g/mol. The fraction of sp³-hybridized carbons (Fsp3) is 0.500. The molecule has 1 saturated heterocycles. The third-order valence-electron chi connectivity index (χ3n) is 2.70. The third kappa shape index (κ3) is 2.94. The second-order valence-corrected chi connectivity index (χ2v) is 4.06. The van der Waals surface area contributed by atoms with Crippen LogP contribution in [0.15, 0.2) is 12.3 Å². The number of carboxylic acids is 1. The molecule has 1 aromatic rings. The number of aromatic nitrogens is 1. The minimum atomic E-state index is -1.01. The van der Waals surface area contributed by atoms with E-state index >= 15 is 0 Å². The standard InChI is InChI=1S/C12H15NO4/c1-8-6-11(10(7-13-8)12(14)15)17-9-2-4-16-5-3-9/h6-7,9H,2-5H2,1H3,(H,14,15). The molecule has 0 atom stereocenters. The second-order valence-electron chi connectivity index (χ2n) is 4.06. The number of nitrogens with zero attached hydrogens (tertiary/aromatic N) is 1. The summed E-state index contributed by atoms with van der Waals surface area (Å²) in [4.78, 5) is 15.0. The summed E-state index contributed by atoms with van der Waals surface area (Å²) < 4.78 is 11.0. The van der Waals surface area contributed by atoms with Crippen molar-refractivity contribution >= 4 is 5.97 Å². The molecule has 0 aromatic carbocycles. The normalized spacial score (nSPS) is 16.8. The molecule has 0 radical (unpaired) electrons. The van der Waals surface area contributed by atoms with Crippen molar-refractivity contribution in [2.45, 2.75) is 25.9 Å². The molecule has 0 bridgehead atoms. The lowest BCUT2D eigenvalue weighted by Gasteiger charge is -2.24. The monoisotopic (exact) mass is 237 g/mol. The maximum atomic E-state index is 11.0. The lowest BCUT2D eigenvalue weighted by molar-refractivity contribution is 0.0248. The Morgan fingerprint density at radius 3 is 2.88 bits per heavy atom. The second kappa shape index (κ2) is 5.14. The zero-order chi connectivity index (χ0) is 12.3. The van der Waals surface area contributed by atoms with Crippen molar-refractivity contribution in [2.75, 3.05) is 13.2 Å². The number of aryl methyl sites for hydroxylation is 1. The third-order valence-corrected chi connectivity index (χ3v) is 2.70. The Balaban J connectivity index is 2.17. The minimum absolute atomic E-state index is 0.0312. The van der Waals surface area contributed by atoms with Gasteiger partial charge in [0.2, 0.25) is 0 Å². The average Bonchev–Trinajstić information content (AvgIpc) is 2.30. The fourth-order valence-electron chi connectivity index (χ4n) is 1.77. The Morgan fingerprint density at radius 2 is 2.24 bits per heavy atom. The van der Waals surface area contributed by atoms with Gasteiger partial charge in [0.25, 0.3) is 0 Å². The van der Waals surface area contributed by atoms with Gasteiger partial charge in [-0.05, 0) is 6.92 Å². The number of rotatable bonds is 3. The highest BCUT2D eigenvalue weighted by Gasteiger charge is 2.19. The van der Waals surface area contributed by atoms with Crippen LogP contribution in [0.25, 0.3) is 0 Å². The SMILES string of the molecule is Cc1cc(OC2CCOCC2)c(C(=O)O)cn1. The molecule has 1 N–H and O–H groups in total. The highest BCUT2D eigenvalue weighted by molar-refractivity contribution is 5.90. The minimum Gasteiger partial charge on any atom is -0.489 e. The van der Waals surface area contributed by atoms with E-state index in [1.807, 2.05) is 6.92 Å². The van der Waals surface area contributed by atoms with Gasteiger partial charge in [0.15, 0.2) is 0 Å². The molecule has 1 aliphatic rings. The van der Waals surface area contributed by atoms with E-state index in [-0.39, 0.29) is 11.7 Å². The van der Waals surface area contributed by atoms with Crippen molar-refractivity contribution in [1.29, 1.82) is 0 Å². The molecule has 0 amide bonds. The van der Waals surface area contributed by atoms with Gasteiger partial charge in [-0.15, -0.1) is 0 Å². The largest absolute Gasteiger partial charge is 0.489 e. The maximum Gasteiger partial charge on any atom is 0.341 e. The van der Waals surface area contributed by atoms with E-state index in [1.54, 1.807) is 6.07 Å². The predicted molar refractivity (Wildman–Crippen MR) is 60.4 cm³/mol. The van der Waals surface area contributed by atoms with Crippen LogP contribution in [0.4, 0.5) is 0 Å². The maximum absolute atomic E-state index is 11.0. The zero-order valence-corrected chi connectivity index (χ0v) is 9.68. The van der Waals surface area contributed by atoms with Crippen LogP contribution in [0.2, 0.25) is 0 Å². The summed E-state index contributed by atoms with van der Waals surface area (Å²) in [7, 11) is 0. The summed E-state index contributed by atoms with van der Waals surface area (Å²) in [6, 6.07) is 1.67. The van der Waals surface area contributed by atoms with Crippen molar-refractivity contribution in [3.05, 3.63) is 23.5 Å². The van der Waals surface area contributed by atoms with Crippen molar-refractivity contribution in [2.24, 2.45) is 0 Å². The van der Waals surface area contributed by atoms with Gasteiger partial charge in [-0.2, -0.15) is 0 Å². The summed E-state index contributed by atoms with van der Waals surface area (Å²) >= 11 is 0. The van der Waals surface area contributed by atoms with Crippen molar-refractivity contribution < 1.29 is 19.4 Å². The van der Waals surface area contributed by atoms with Gasteiger partial charge in [0, 0.05) is 30.8 Å². The van der Waals surface area contributed by atoms with E-state index in [0.29, 0.717) is 19.0 Å². The molecule has 1 aromatic heterocycles. The van der Waals surface area contributed by atoms with Crippen LogP contribution in [0.5, 0.6) is 5.75 Å². The number of pyridine rings is 1. The fourth-order valence-corrected chi connectivity index (χ4v) is 1.77. The number of aromatic carboxylic acids is 1. The Hall–Kier alpha value is -1.62. The molecule has 2 rings (SSSR count). The van der Waals surface area contributed by atoms with Crippen LogP contribution >= 0.6 is 0 Å². The first kappa shape index (κ1) is 11.9. The molecule has 1 aliphatic heterocycles. The first-order valence-corrected chi connectivity index (χ1v) is 5.61. The molecule has 92 valence electrons. The molecule has 0 spiro atoms. The first-order chi connectivity index (χ1) is 8.16. The molecule has 5 heteroatoms. The van der Waals surface area contributed by atoms with Crippen LogP contribution < -0.4 is 4.74 Å². The number of hydrogen-bond donors (Lipinski definition) is 1. The lowest BCUT2D eigenvalue weighted by Crippen LogP contribution is -2.26. The summed E-state index contributed by atoms with van der Waals surface area (Å²) in [5, 5.41) is 9.04. The molecule has 0 saturated carbocycles. The lowest BCUT2D eigenvalue weighted by atomic mass is 10.1. The summed E-state index contributed by atoms with van der Waals surface area (Å²) in [6.45, 7) is 3.14. The van der Waals surface area contributed by atoms with Gasteiger partial charge in [0.05, 0.1) is 13.2 Å². The van der Waals surface area contributed by atoms with E-state index < -0.39 is 5.97 Å². The van der Waals surface area contributed by atoms with Gasteiger partial charge in [-0.1, -0.05) is 0 Å². The zero-order valence-electron chi connectivity index (χ0n) is 9.68. The van der Waals surface area contributed by atoms with Gasteiger partial charge in [-0.3, -0.25) is 4.98 Å². The van der Waals surface area contributed by atoms with E-state index in [9.17, 15) is 4.79 Å².